The molecular formula is C17H19N3O4S. The van der Waals surface area contributed by atoms with E-state index in [9.17, 15) is 19.7 Å². The Hall–Kier alpha value is -2.74. The molecule has 2 aromatic rings. The maximum Gasteiger partial charge on any atom is 0.292 e. The second kappa shape index (κ2) is 7.02. The Labute approximate surface area is 147 Å². The molecule has 0 amide bonds. The van der Waals surface area contributed by atoms with Crippen LogP contribution in [0.5, 0.6) is 0 Å². The van der Waals surface area contributed by atoms with Crippen molar-refractivity contribution in [3.8, 4) is 0 Å². The average molecular weight is 361 g/mol. The third-order valence-corrected chi connectivity index (χ3v) is 4.43. The number of anilines is 1. The first-order valence-electron chi connectivity index (χ1n) is 7.55. The van der Waals surface area contributed by atoms with Gasteiger partial charge in [-0.1, -0.05) is 26.8 Å². The molecule has 7 nitrogen and oxygen atoms in total. The van der Waals surface area contributed by atoms with Gasteiger partial charge in [0.05, 0.1) is 14.1 Å². The Morgan fingerprint density at radius 2 is 2.04 bits per heavy atom. The van der Waals surface area contributed by atoms with Crippen LogP contribution in [0.2, 0.25) is 0 Å². The first-order chi connectivity index (χ1) is 11.6. The number of hydrogen-bond donors (Lipinski definition) is 2. The van der Waals surface area contributed by atoms with Gasteiger partial charge in [-0.25, -0.2) is 0 Å². The predicted octanol–water partition coefficient (Wildman–Crippen LogP) is 1.61. The average Bonchev–Trinajstić information content (AvgIpc) is 2.85. The number of hydrogen-bond acceptors (Lipinski definition) is 6. The van der Waals surface area contributed by atoms with Gasteiger partial charge >= 0.3 is 0 Å². The van der Waals surface area contributed by atoms with Crippen LogP contribution in [0.25, 0.3) is 12.2 Å². The summed E-state index contributed by atoms with van der Waals surface area (Å²) in [5.41, 5.74) is -0.00929. The Morgan fingerprint density at radius 1 is 1.36 bits per heavy atom. The normalized spacial score (nSPS) is 13.1. The molecule has 132 valence electrons. The van der Waals surface area contributed by atoms with Crippen LogP contribution in [0.3, 0.4) is 0 Å². The van der Waals surface area contributed by atoms with E-state index >= 15 is 0 Å². The predicted molar refractivity (Wildman–Crippen MR) is 99.3 cm³/mol. The number of nitrogens with zero attached hydrogens (tertiary/aromatic N) is 1. The highest BCUT2D eigenvalue weighted by molar-refractivity contribution is 7.07. The molecule has 0 atom stereocenters. The molecular weight excluding hydrogens is 342 g/mol. The van der Waals surface area contributed by atoms with Crippen molar-refractivity contribution in [3.05, 3.63) is 53.4 Å². The zero-order chi connectivity index (χ0) is 18.8. The number of thiazole rings is 1. The summed E-state index contributed by atoms with van der Waals surface area (Å²) in [7, 11) is 1.60. The third-order valence-electron chi connectivity index (χ3n) is 3.47. The molecule has 1 heterocycles. The Kier molecular flexibility index (Phi) is 5.22. The van der Waals surface area contributed by atoms with Gasteiger partial charge in [0.1, 0.15) is 5.69 Å². The van der Waals surface area contributed by atoms with E-state index in [1.807, 2.05) is 0 Å². The molecule has 0 aliphatic rings. The van der Waals surface area contributed by atoms with Crippen molar-refractivity contribution >= 4 is 40.6 Å². The molecule has 1 aromatic carbocycles. The fourth-order valence-electron chi connectivity index (χ4n) is 2.01. The van der Waals surface area contributed by atoms with Gasteiger partial charge in [0.2, 0.25) is 0 Å². The molecule has 0 fully saturated rings. The summed E-state index contributed by atoms with van der Waals surface area (Å²) in [5, 5.41) is 13.9. The van der Waals surface area contributed by atoms with E-state index in [1.54, 1.807) is 46.0 Å². The highest BCUT2D eigenvalue weighted by atomic mass is 32.1. The topological polar surface area (TPSA) is 105 Å². The molecule has 0 saturated carbocycles. The van der Waals surface area contributed by atoms with E-state index in [-0.39, 0.29) is 17.0 Å². The lowest BCUT2D eigenvalue weighted by Crippen LogP contribution is -2.22. The van der Waals surface area contributed by atoms with Gasteiger partial charge in [-0.05, 0) is 17.7 Å². The number of carbonyl (C=O) groups is 1. The van der Waals surface area contributed by atoms with E-state index in [4.69, 9.17) is 0 Å². The summed E-state index contributed by atoms with van der Waals surface area (Å²) in [6.45, 7) is 5.40. The van der Waals surface area contributed by atoms with Crippen LogP contribution < -0.4 is 20.1 Å². The first kappa shape index (κ1) is 18.6. The number of nitrogens with one attached hydrogen (secondary N) is 2. The van der Waals surface area contributed by atoms with Gasteiger partial charge < -0.3 is 10.3 Å². The van der Waals surface area contributed by atoms with Gasteiger partial charge in [-0.2, -0.15) is 0 Å². The van der Waals surface area contributed by atoms with Gasteiger partial charge in [-0.3, -0.25) is 19.7 Å². The zero-order valence-corrected chi connectivity index (χ0v) is 15.2. The Bertz CT molecular complexity index is 996. The minimum Gasteiger partial charge on any atom is -0.383 e. The van der Waals surface area contributed by atoms with Crippen molar-refractivity contribution in [2.75, 3.05) is 12.4 Å². The number of aromatic amines is 1. The summed E-state index contributed by atoms with van der Waals surface area (Å²) in [6, 6.07) is 4.66. The molecule has 0 spiro atoms. The van der Waals surface area contributed by atoms with E-state index in [1.165, 1.54) is 12.1 Å². The number of rotatable bonds is 4. The van der Waals surface area contributed by atoms with Crippen LogP contribution in [-0.2, 0) is 4.79 Å². The molecule has 0 saturated heterocycles. The summed E-state index contributed by atoms with van der Waals surface area (Å²) in [6.07, 6.45) is 2.98. The second-order valence-electron chi connectivity index (χ2n) is 6.47. The largest absolute Gasteiger partial charge is 0.383 e. The quantitative estimate of drug-likeness (QED) is 0.636. The van der Waals surface area contributed by atoms with Gasteiger partial charge in [0, 0.05) is 24.6 Å². The molecule has 0 bridgehead atoms. The van der Waals surface area contributed by atoms with Crippen molar-refractivity contribution in [1.29, 1.82) is 0 Å². The maximum atomic E-state index is 12.1. The van der Waals surface area contributed by atoms with Crippen LogP contribution in [0, 0.1) is 15.5 Å². The molecule has 0 aliphatic heterocycles. The zero-order valence-electron chi connectivity index (χ0n) is 14.4. The third kappa shape index (κ3) is 4.42. The number of H-pyrrole nitrogens is 1. The number of aromatic nitrogens is 1. The van der Waals surface area contributed by atoms with Crippen LogP contribution in [0.4, 0.5) is 11.4 Å². The monoisotopic (exact) mass is 361 g/mol. The standard InChI is InChI=1S/C17H19N3O4S/c1-17(2,3)14(21)9-15-19-16(22)13(25-15)8-10-5-6-11(18-4)12(7-10)20(23)24/h5-9,18H,1-4H3,(H,19,22). The number of nitro groups is 1. The van der Waals surface area contributed by atoms with Gasteiger partial charge in [-0.15, -0.1) is 11.3 Å². The maximum absolute atomic E-state index is 12.1. The molecule has 0 radical (unpaired) electrons. The molecule has 8 heteroatoms. The van der Waals surface area contributed by atoms with E-state index < -0.39 is 10.3 Å². The fraction of sp³-hybridized carbons (Fsp3) is 0.294. The minimum absolute atomic E-state index is 0.0704. The fourth-order valence-corrected chi connectivity index (χ4v) is 2.90. The summed E-state index contributed by atoms with van der Waals surface area (Å²) < 4.78 is 0.831. The van der Waals surface area contributed by atoms with Crippen LogP contribution in [-0.4, -0.2) is 22.7 Å². The van der Waals surface area contributed by atoms with Crippen LogP contribution >= 0.6 is 11.3 Å². The lowest BCUT2D eigenvalue weighted by atomic mass is 9.91. The first-order valence-corrected chi connectivity index (χ1v) is 8.36. The van der Waals surface area contributed by atoms with Crippen molar-refractivity contribution < 1.29 is 9.72 Å². The summed E-state index contributed by atoms with van der Waals surface area (Å²) >= 11 is 1.14. The Balaban J connectivity index is 2.52. The molecule has 0 unspecified atom stereocenters. The molecule has 0 aliphatic carbocycles. The molecule has 2 rings (SSSR count). The van der Waals surface area contributed by atoms with Crippen molar-refractivity contribution in [1.82, 2.24) is 4.98 Å². The van der Waals surface area contributed by atoms with Crippen molar-refractivity contribution in [2.45, 2.75) is 20.8 Å². The highest BCUT2D eigenvalue weighted by Crippen LogP contribution is 2.25. The second-order valence-corrected chi connectivity index (χ2v) is 7.56. The van der Waals surface area contributed by atoms with E-state index in [0.717, 1.165) is 11.3 Å². The lowest BCUT2D eigenvalue weighted by Gasteiger charge is -2.12. The van der Waals surface area contributed by atoms with Crippen molar-refractivity contribution in [3.63, 3.8) is 0 Å². The van der Waals surface area contributed by atoms with Gasteiger partial charge in [0.25, 0.3) is 11.2 Å². The van der Waals surface area contributed by atoms with E-state index in [0.29, 0.717) is 20.4 Å². The number of benzene rings is 1. The molecule has 2 N–H and O–H groups in total. The SMILES string of the molecule is CNc1ccc(C=c2sc(=CC(=O)C(C)(C)C)[nH]c2=O)cc1[N+](=O)[O-]. The van der Waals surface area contributed by atoms with Crippen LogP contribution in [0.1, 0.15) is 26.3 Å². The summed E-state index contributed by atoms with van der Waals surface area (Å²) in [4.78, 5) is 37.4. The number of Topliss-reactive ketones (excluding diaryl/α,β-unsaturated/α-hetero) is 1. The number of nitro benzene ring substituents is 1. The smallest absolute Gasteiger partial charge is 0.292 e. The number of ketones is 1. The molecule has 1 aromatic heterocycles. The minimum atomic E-state index is -0.533. The number of carbonyl (C=O) groups excluding carboxylic acids is 1. The Morgan fingerprint density at radius 3 is 2.60 bits per heavy atom. The summed E-state index contributed by atoms with van der Waals surface area (Å²) in [5.74, 6) is -0.0921. The van der Waals surface area contributed by atoms with Crippen molar-refractivity contribution in [2.24, 2.45) is 5.41 Å². The molecule has 25 heavy (non-hydrogen) atoms. The lowest BCUT2D eigenvalue weighted by molar-refractivity contribution is -0.384. The highest BCUT2D eigenvalue weighted by Gasteiger charge is 2.18. The van der Waals surface area contributed by atoms with Gasteiger partial charge in [0.15, 0.2) is 5.78 Å². The van der Waals surface area contributed by atoms with Crippen LogP contribution in [0.15, 0.2) is 23.0 Å². The van der Waals surface area contributed by atoms with E-state index in [2.05, 4.69) is 10.3 Å².